The number of rotatable bonds is 7. The summed E-state index contributed by atoms with van der Waals surface area (Å²) in [4.78, 5) is 0. The Morgan fingerprint density at radius 2 is 2.00 bits per heavy atom. The minimum Gasteiger partial charge on any atom is -0.158 e. The molecule has 0 fully saturated rings. The summed E-state index contributed by atoms with van der Waals surface area (Å²) >= 11 is 1.97. The SMILES string of the molecule is C=C(CCCCC)CSCC. The van der Waals surface area contributed by atoms with Gasteiger partial charge in [0.15, 0.2) is 0 Å². The summed E-state index contributed by atoms with van der Waals surface area (Å²) in [7, 11) is 0. The summed E-state index contributed by atoms with van der Waals surface area (Å²) < 4.78 is 0. The quantitative estimate of drug-likeness (QED) is 0.415. The summed E-state index contributed by atoms with van der Waals surface area (Å²) in [6.45, 7) is 8.48. The monoisotopic (exact) mass is 172 g/mol. The third kappa shape index (κ3) is 7.99. The Labute approximate surface area is 75.5 Å². The molecule has 0 nitrogen and oxygen atoms in total. The fourth-order valence-corrected chi connectivity index (χ4v) is 1.58. The zero-order valence-electron chi connectivity index (χ0n) is 7.86. The van der Waals surface area contributed by atoms with E-state index in [1.54, 1.807) is 0 Å². The van der Waals surface area contributed by atoms with Crippen molar-refractivity contribution < 1.29 is 0 Å². The van der Waals surface area contributed by atoms with Crippen LogP contribution in [0.25, 0.3) is 0 Å². The van der Waals surface area contributed by atoms with Crippen LogP contribution in [0.3, 0.4) is 0 Å². The Hall–Kier alpha value is 0.0900. The maximum atomic E-state index is 4.04. The van der Waals surface area contributed by atoms with Crippen molar-refractivity contribution in [1.82, 2.24) is 0 Å². The van der Waals surface area contributed by atoms with Crippen molar-refractivity contribution in [2.45, 2.75) is 39.5 Å². The van der Waals surface area contributed by atoms with Crippen molar-refractivity contribution in [2.75, 3.05) is 11.5 Å². The van der Waals surface area contributed by atoms with Crippen LogP contribution in [0.2, 0.25) is 0 Å². The lowest BCUT2D eigenvalue weighted by molar-refractivity contribution is 0.715. The van der Waals surface area contributed by atoms with Crippen molar-refractivity contribution in [3.63, 3.8) is 0 Å². The molecule has 0 saturated heterocycles. The summed E-state index contributed by atoms with van der Waals surface area (Å²) in [6, 6.07) is 0. The molecule has 1 heteroatoms. The van der Waals surface area contributed by atoms with Gasteiger partial charge in [-0.3, -0.25) is 0 Å². The molecule has 0 aliphatic carbocycles. The normalized spacial score (nSPS) is 10.0. The fraction of sp³-hybridized carbons (Fsp3) is 0.800. The van der Waals surface area contributed by atoms with Gasteiger partial charge < -0.3 is 0 Å². The molecule has 0 amide bonds. The third-order valence-corrected chi connectivity index (χ3v) is 2.66. The first-order valence-electron chi connectivity index (χ1n) is 4.55. The predicted molar refractivity (Wildman–Crippen MR) is 56.3 cm³/mol. The van der Waals surface area contributed by atoms with E-state index in [-0.39, 0.29) is 0 Å². The van der Waals surface area contributed by atoms with Crippen LogP contribution in [0.1, 0.15) is 39.5 Å². The van der Waals surface area contributed by atoms with Gasteiger partial charge in [0.2, 0.25) is 0 Å². The summed E-state index contributed by atoms with van der Waals surface area (Å²) in [5.41, 5.74) is 1.42. The molecule has 0 atom stereocenters. The van der Waals surface area contributed by atoms with E-state index in [2.05, 4.69) is 20.4 Å². The third-order valence-electron chi connectivity index (χ3n) is 1.64. The smallest absolute Gasteiger partial charge is 0.0140 e. The van der Waals surface area contributed by atoms with Gasteiger partial charge in [-0.1, -0.05) is 38.8 Å². The second-order valence-corrected chi connectivity index (χ2v) is 4.12. The lowest BCUT2D eigenvalue weighted by atomic mass is 10.1. The number of hydrogen-bond acceptors (Lipinski definition) is 1. The van der Waals surface area contributed by atoms with Crippen LogP contribution in [0.4, 0.5) is 0 Å². The van der Waals surface area contributed by atoms with Crippen LogP contribution in [0.15, 0.2) is 12.2 Å². The second-order valence-electron chi connectivity index (χ2n) is 2.84. The lowest BCUT2D eigenvalue weighted by Crippen LogP contribution is -1.86. The topological polar surface area (TPSA) is 0 Å². The van der Waals surface area contributed by atoms with Crippen LogP contribution in [0.5, 0.6) is 0 Å². The molecule has 11 heavy (non-hydrogen) atoms. The van der Waals surface area contributed by atoms with Crippen molar-refractivity contribution in [1.29, 1.82) is 0 Å². The second kappa shape index (κ2) is 8.19. The van der Waals surface area contributed by atoms with E-state index in [1.165, 1.54) is 42.8 Å². The van der Waals surface area contributed by atoms with Gasteiger partial charge in [0, 0.05) is 5.75 Å². The highest BCUT2D eigenvalue weighted by Gasteiger charge is 1.93. The average Bonchev–Trinajstić information content (AvgIpc) is 2.01. The van der Waals surface area contributed by atoms with E-state index >= 15 is 0 Å². The van der Waals surface area contributed by atoms with E-state index in [0.29, 0.717) is 0 Å². The van der Waals surface area contributed by atoms with Crippen molar-refractivity contribution in [3.05, 3.63) is 12.2 Å². The highest BCUT2D eigenvalue weighted by molar-refractivity contribution is 7.99. The Morgan fingerprint density at radius 1 is 1.27 bits per heavy atom. The standard InChI is InChI=1S/C10H20S/c1-4-6-7-8-10(3)9-11-5-2/h3-9H2,1-2H3. The molecule has 0 aromatic heterocycles. The van der Waals surface area contributed by atoms with Crippen molar-refractivity contribution in [3.8, 4) is 0 Å². The summed E-state index contributed by atoms with van der Waals surface area (Å²) in [6.07, 6.45) is 5.24. The van der Waals surface area contributed by atoms with Gasteiger partial charge in [0.1, 0.15) is 0 Å². The van der Waals surface area contributed by atoms with Crippen LogP contribution < -0.4 is 0 Å². The molecule has 0 spiro atoms. The molecule has 66 valence electrons. The van der Waals surface area contributed by atoms with Crippen molar-refractivity contribution in [2.24, 2.45) is 0 Å². The van der Waals surface area contributed by atoms with Gasteiger partial charge >= 0.3 is 0 Å². The van der Waals surface area contributed by atoms with Gasteiger partial charge in [-0.25, -0.2) is 0 Å². The van der Waals surface area contributed by atoms with Crippen LogP contribution in [0, 0.1) is 0 Å². The molecule has 0 rings (SSSR count). The first-order valence-corrected chi connectivity index (χ1v) is 5.71. The number of hydrogen-bond donors (Lipinski definition) is 0. The molecule has 0 unspecified atom stereocenters. The maximum Gasteiger partial charge on any atom is 0.0140 e. The molecular formula is C10H20S. The van der Waals surface area contributed by atoms with E-state index in [4.69, 9.17) is 0 Å². The highest BCUT2D eigenvalue weighted by atomic mass is 32.2. The zero-order chi connectivity index (χ0) is 8.53. The lowest BCUT2D eigenvalue weighted by Gasteiger charge is -2.02. The van der Waals surface area contributed by atoms with Gasteiger partial charge in [0.25, 0.3) is 0 Å². The van der Waals surface area contributed by atoms with Gasteiger partial charge in [-0.05, 0) is 18.6 Å². The van der Waals surface area contributed by atoms with E-state index in [1.807, 2.05) is 11.8 Å². The average molecular weight is 172 g/mol. The highest BCUT2D eigenvalue weighted by Crippen LogP contribution is 2.12. The summed E-state index contributed by atoms with van der Waals surface area (Å²) in [5.74, 6) is 2.38. The zero-order valence-corrected chi connectivity index (χ0v) is 8.67. The van der Waals surface area contributed by atoms with Gasteiger partial charge in [-0.15, -0.1) is 0 Å². The fourth-order valence-electron chi connectivity index (χ4n) is 0.944. The molecule has 0 N–H and O–H groups in total. The predicted octanol–water partition coefficient (Wildman–Crippen LogP) is 3.88. The number of unbranched alkanes of at least 4 members (excludes halogenated alkanes) is 2. The van der Waals surface area contributed by atoms with Gasteiger partial charge in [-0.2, -0.15) is 11.8 Å². The Balaban J connectivity index is 3.09. The molecule has 0 aromatic carbocycles. The van der Waals surface area contributed by atoms with Crippen molar-refractivity contribution >= 4 is 11.8 Å². The Morgan fingerprint density at radius 3 is 2.55 bits per heavy atom. The Kier molecular flexibility index (Phi) is 8.26. The molecule has 0 bridgehead atoms. The molecule has 0 aromatic rings. The largest absolute Gasteiger partial charge is 0.158 e. The first kappa shape index (κ1) is 11.1. The molecule has 0 radical (unpaired) electrons. The van der Waals surface area contributed by atoms with E-state index in [0.717, 1.165) is 0 Å². The summed E-state index contributed by atoms with van der Waals surface area (Å²) in [5, 5.41) is 0. The molecule has 0 aliphatic rings. The van der Waals surface area contributed by atoms with E-state index in [9.17, 15) is 0 Å². The van der Waals surface area contributed by atoms with Crippen LogP contribution >= 0.6 is 11.8 Å². The Bertz CT molecular complexity index is 97.0. The molecule has 0 aliphatic heterocycles. The van der Waals surface area contributed by atoms with E-state index < -0.39 is 0 Å². The van der Waals surface area contributed by atoms with Gasteiger partial charge in [0.05, 0.1) is 0 Å². The molecule has 0 saturated carbocycles. The van der Waals surface area contributed by atoms with Crippen LogP contribution in [-0.2, 0) is 0 Å². The minimum atomic E-state index is 1.17. The maximum absolute atomic E-state index is 4.04. The number of thioether (sulfide) groups is 1. The first-order chi connectivity index (χ1) is 5.31. The molecule has 0 heterocycles. The minimum absolute atomic E-state index is 1.17. The molecular weight excluding hydrogens is 152 g/mol. The van der Waals surface area contributed by atoms with Crippen LogP contribution in [-0.4, -0.2) is 11.5 Å².